The van der Waals surface area contributed by atoms with Crippen LogP contribution < -0.4 is 10.9 Å². The number of benzene rings is 1. The van der Waals surface area contributed by atoms with Gasteiger partial charge in [0, 0.05) is 6.04 Å². The first-order valence-electron chi connectivity index (χ1n) is 8.99. The molecular formula is C19H25N3O5S. The van der Waals surface area contributed by atoms with Crippen molar-refractivity contribution in [3.8, 4) is 0 Å². The summed E-state index contributed by atoms with van der Waals surface area (Å²) in [6, 6.07) is 4.55. The normalized spacial score (nSPS) is 13.2. The standard InChI is InChI=1S/C19H25N3O5S/c1-5-11(2)20-16(24)10-28-19-21-15-8-13(18(26)27-4)6-7-14(15)17(25)22(19)9-12(3)23/h6-8,11-12,23H,5,9-10H2,1-4H3,(H,20,24)/t11-,12-/m1/s1. The molecular weight excluding hydrogens is 382 g/mol. The molecule has 2 atom stereocenters. The highest BCUT2D eigenvalue weighted by atomic mass is 32.2. The predicted molar refractivity (Wildman–Crippen MR) is 108 cm³/mol. The molecule has 28 heavy (non-hydrogen) atoms. The third-order valence-electron chi connectivity index (χ3n) is 4.14. The number of carbonyl (C=O) groups is 2. The number of aliphatic hydroxyl groups is 1. The lowest BCUT2D eigenvalue weighted by molar-refractivity contribution is -0.119. The van der Waals surface area contributed by atoms with Gasteiger partial charge in [-0.05, 0) is 38.5 Å². The van der Waals surface area contributed by atoms with Crippen molar-refractivity contribution in [2.24, 2.45) is 0 Å². The molecule has 0 spiro atoms. The molecule has 1 aromatic heterocycles. The van der Waals surface area contributed by atoms with Crippen LogP contribution in [0.15, 0.2) is 28.2 Å². The van der Waals surface area contributed by atoms with Crippen molar-refractivity contribution in [1.82, 2.24) is 14.9 Å². The summed E-state index contributed by atoms with van der Waals surface area (Å²) in [6.07, 6.45) is 0.0489. The Hall–Kier alpha value is -2.39. The second-order valence-electron chi connectivity index (χ2n) is 6.55. The van der Waals surface area contributed by atoms with Crippen LogP contribution in [0.4, 0.5) is 0 Å². The summed E-state index contributed by atoms with van der Waals surface area (Å²) in [5, 5.41) is 13.3. The molecule has 0 aliphatic heterocycles. The fourth-order valence-electron chi connectivity index (χ4n) is 2.53. The Bertz CT molecular complexity index is 926. The summed E-state index contributed by atoms with van der Waals surface area (Å²) in [7, 11) is 1.28. The van der Waals surface area contributed by atoms with Gasteiger partial charge in [-0.1, -0.05) is 18.7 Å². The summed E-state index contributed by atoms with van der Waals surface area (Å²) >= 11 is 1.11. The fraction of sp³-hybridized carbons (Fsp3) is 0.474. The van der Waals surface area contributed by atoms with Crippen molar-refractivity contribution in [1.29, 1.82) is 0 Å². The van der Waals surface area contributed by atoms with Gasteiger partial charge < -0.3 is 15.2 Å². The van der Waals surface area contributed by atoms with E-state index in [2.05, 4.69) is 10.3 Å². The highest BCUT2D eigenvalue weighted by Gasteiger charge is 2.17. The van der Waals surface area contributed by atoms with Crippen molar-refractivity contribution < 1.29 is 19.4 Å². The van der Waals surface area contributed by atoms with Crippen molar-refractivity contribution in [3.05, 3.63) is 34.1 Å². The van der Waals surface area contributed by atoms with E-state index in [0.717, 1.165) is 18.2 Å². The van der Waals surface area contributed by atoms with Crippen LogP contribution in [-0.2, 0) is 16.1 Å². The van der Waals surface area contributed by atoms with Crippen LogP contribution in [0.25, 0.3) is 10.9 Å². The van der Waals surface area contributed by atoms with Gasteiger partial charge in [0.2, 0.25) is 5.91 Å². The lowest BCUT2D eigenvalue weighted by Crippen LogP contribution is -2.33. The Morgan fingerprint density at radius 3 is 2.68 bits per heavy atom. The number of methoxy groups -OCH3 is 1. The molecule has 1 aromatic carbocycles. The molecule has 0 aliphatic carbocycles. The molecule has 0 unspecified atom stereocenters. The van der Waals surface area contributed by atoms with Gasteiger partial charge in [0.15, 0.2) is 5.16 Å². The largest absolute Gasteiger partial charge is 0.465 e. The summed E-state index contributed by atoms with van der Waals surface area (Å²) in [5.41, 5.74) is 0.271. The third-order valence-corrected chi connectivity index (χ3v) is 5.12. The fourth-order valence-corrected chi connectivity index (χ4v) is 3.35. The molecule has 2 aromatic rings. The van der Waals surface area contributed by atoms with Crippen LogP contribution in [0, 0.1) is 0 Å². The van der Waals surface area contributed by atoms with Crippen LogP contribution in [0.5, 0.6) is 0 Å². The molecule has 1 heterocycles. The van der Waals surface area contributed by atoms with Crippen molar-refractivity contribution in [3.63, 3.8) is 0 Å². The van der Waals surface area contributed by atoms with E-state index in [4.69, 9.17) is 4.74 Å². The predicted octanol–water partition coefficient (Wildman–Crippen LogP) is 1.57. The van der Waals surface area contributed by atoms with E-state index in [1.54, 1.807) is 6.92 Å². The summed E-state index contributed by atoms with van der Waals surface area (Å²) in [4.78, 5) is 41.2. The number of hydrogen-bond acceptors (Lipinski definition) is 7. The molecule has 0 saturated carbocycles. The van der Waals surface area contributed by atoms with E-state index >= 15 is 0 Å². The van der Waals surface area contributed by atoms with Gasteiger partial charge in [-0.15, -0.1) is 0 Å². The van der Waals surface area contributed by atoms with Crippen molar-refractivity contribution in [2.45, 2.75) is 51.0 Å². The van der Waals surface area contributed by atoms with Gasteiger partial charge in [0.25, 0.3) is 5.56 Å². The zero-order valence-electron chi connectivity index (χ0n) is 16.4. The first-order valence-corrected chi connectivity index (χ1v) is 9.98. The molecule has 2 rings (SSSR count). The Labute approximate surface area is 167 Å². The molecule has 0 fully saturated rings. The number of carbonyl (C=O) groups excluding carboxylic acids is 2. The van der Waals surface area contributed by atoms with Crippen molar-refractivity contribution in [2.75, 3.05) is 12.9 Å². The van der Waals surface area contributed by atoms with E-state index in [1.165, 1.54) is 29.9 Å². The van der Waals surface area contributed by atoms with E-state index < -0.39 is 12.1 Å². The van der Waals surface area contributed by atoms with Crippen LogP contribution >= 0.6 is 11.8 Å². The minimum atomic E-state index is -0.764. The number of nitrogens with zero attached hydrogens (tertiary/aromatic N) is 2. The van der Waals surface area contributed by atoms with Crippen molar-refractivity contribution >= 4 is 34.5 Å². The third kappa shape index (κ3) is 5.32. The highest BCUT2D eigenvalue weighted by molar-refractivity contribution is 7.99. The Kier molecular flexibility index (Phi) is 7.59. The number of fused-ring (bicyclic) bond motifs is 1. The van der Waals surface area contributed by atoms with Crippen LogP contribution in [0.1, 0.15) is 37.6 Å². The molecule has 0 bridgehead atoms. The number of thioether (sulfide) groups is 1. The number of hydrogen-bond donors (Lipinski definition) is 2. The first kappa shape index (κ1) is 21.9. The zero-order chi connectivity index (χ0) is 20.8. The molecule has 2 N–H and O–H groups in total. The number of ether oxygens (including phenoxy) is 1. The Morgan fingerprint density at radius 2 is 2.07 bits per heavy atom. The maximum absolute atomic E-state index is 12.9. The molecule has 0 saturated heterocycles. The number of rotatable bonds is 8. The topological polar surface area (TPSA) is 111 Å². The highest BCUT2D eigenvalue weighted by Crippen LogP contribution is 2.19. The van der Waals surface area contributed by atoms with E-state index in [0.29, 0.717) is 16.1 Å². The zero-order valence-corrected chi connectivity index (χ0v) is 17.2. The number of aromatic nitrogens is 2. The molecule has 0 aliphatic rings. The Balaban J connectivity index is 2.43. The average Bonchev–Trinajstić information content (AvgIpc) is 2.67. The van der Waals surface area contributed by atoms with Gasteiger partial charge in [-0.3, -0.25) is 14.2 Å². The van der Waals surface area contributed by atoms with Crippen LogP contribution in [0.2, 0.25) is 0 Å². The summed E-state index contributed by atoms with van der Waals surface area (Å²) in [5.74, 6) is -0.613. The van der Waals surface area contributed by atoms with Gasteiger partial charge in [-0.25, -0.2) is 9.78 Å². The first-order chi connectivity index (χ1) is 13.3. The number of amides is 1. The second-order valence-corrected chi connectivity index (χ2v) is 7.49. The van der Waals surface area contributed by atoms with Gasteiger partial charge >= 0.3 is 5.97 Å². The number of aliphatic hydroxyl groups excluding tert-OH is 1. The maximum Gasteiger partial charge on any atom is 0.337 e. The second kappa shape index (κ2) is 9.70. The molecule has 0 radical (unpaired) electrons. The lowest BCUT2D eigenvalue weighted by atomic mass is 10.1. The van der Waals surface area contributed by atoms with Crippen LogP contribution in [0.3, 0.4) is 0 Å². The number of nitrogens with one attached hydrogen (secondary N) is 1. The smallest absolute Gasteiger partial charge is 0.337 e. The van der Waals surface area contributed by atoms with E-state index in [9.17, 15) is 19.5 Å². The van der Waals surface area contributed by atoms with E-state index in [-0.39, 0.29) is 35.4 Å². The summed E-state index contributed by atoms with van der Waals surface area (Å²) in [6.45, 7) is 5.51. The molecule has 8 nitrogen and oxygen atoms in total. The lowest BCUT2D eigenvalue weighted by Gasteiger charge is -2.15. The van der Waals surface area contributed by atoms with Gasteiger partial charge in [0.1, 0.15) is 0 Å². The van der Waals surface area contributed by atoms with E-state index in [1.807, 2.05) is 13.8 Å². The maximum atomic E-state index is 12.9. The van der Waals surface area contributed by atoms with Gasteiger partial charge in [0.05, 0.1) is 42.0 Å². The molecule has 152 valence electrons. The molecule has 9 heteroatoms. The average molecular weight is 407 g/mol. The number of esters is 1. The van der Waals surface area contributed by atoms with Crippen LogP contribution in [-0.4, -0.2) is 51.5 Å². The quantitative estimate of drug-likeness (QED) is 0.388. The minimum Gasteiger partial charge on any atom is -0.465 e. The molecule has 1 amide bonds. The minimum absolute atomic E-state index is 0.0514. The Morgan fingerprint density at radius 1 is 1.36 bits per heavy atom. The SMILES string of the molecule is CC[C@@H](C)NC(=O)CSc1nc2cc(C(=O)OC)ccc2c(=O)n1C[C@@H](C)O. The van der Waals surface area contributed by atoms with Gasteiger partial charge in [-0.2, -0.15) is 0 Å². The monoisotopic (exact) mass is 407 g/mol. The summed E-state index contributed by atoms with van der Waals surface area (Å²) < 4.78 is 6.06.